The lowest BCUT2D eigenvalue weighted by molar-refractivity contribution is 0.403. The summed E-state index contributed by atoms with van der Waals surface area (Å²) in [6.45, 7) is 3.53. The quantitative estimate of drug-likeness (QED) is 0.801. The van der Waals surface area contributed by atoms with E-state index in [1.54, 1.807) is 13.8 Å². The predicted molar refractivity (Wildman–Crippen MR) is 76.6 cm³/mol. The van der Waals surface area contributed by atoms with Gasteiger partial charge in [-0.15, -0.1) is 0 Å². The molecule has 3 N–H and O–H groups in total. The van der Waals surface area contributed by atoms with Crippen LogP contribution in [0.3, 0.4) is 0 Å². The van der Waals surface area contributed by atoms with E-state index >= 15 is 0 Å². The fraction of sp³-hybridized carbons (Fsp3) is 0.455. The molecule has 0 amide bonds. The van der Waals surface area contributed by atoms with Gasteiger partial charge in [0.15, 0.2) is 0 Å². The van der Waals surface area contributed by atoms with E-state index in [2.05, 4.69) is 4.72 Å². The molecule has 0 saturated carbocycles. The van der Waals surface area contributed by atoms with Gasteiger partial charge < -0.3 is 4.74 Å². The molecule has 0 bridgehead atoms. The average molecular weight is 322 g/mol. The molecule has 0 unspecified atom stereocenters. The summed E-state index contributed by atoms with van der Waals surface area (Å²) in [5.74, 6) is -0.0632. The summed E-state index contributed by atoms with van der Waals surface area (Å²) < 4.78 is 53.7. The molecule has 0 aliphatic rings. The molecule has 1 aromatic carbocycles. The van der Waals surface area contributed by atoms with E-state index in [1.807, 2.05) is 0 Å². The molecule has 20 heavy (non-hydrogen) atoms. The van der Waals surface area contributed by atoms with Gasteiger partial charge in [-0.3, -0.25) is 4.72 Å². The van der Waals surface area contributed by atoms with Crippen LogP contribution in [0.4, 0.5) is 5.69 Å². The third kappa shape index (κ3) is 4.66. The number of rotatable bonds is 6. The SMILES string of the molecule is COc1ccc(NS(=O)(=O)CC(C)C)cc1S(N)(=O)=O. The van der Waals surface area contributed by atoms with Crippen LogP contribution < -0.4 is 14.6 Å². The van der Waals surface area contributed by atoms with E-state index in [-0.39, 0.29) is 28.0 Å². The lowest BCUT2D eigenvalue weighted by Crippen LogP contribution is -2.20. The number of sulfonamides is 2. The summed E-state index contributed by atoms with van der Waals surface area (Å²) in [7, 11) is -6.25. The Kier molecular flexibility index (Phi) is 5.00. The second-order valence-corrected chi connectivity index (χ2v) is 7.98. The molecule has 0 aliphatic heterocycles. The molecule has 1 aromatic rings. The van der Waals surface area contributed by atoms with Crippen LogP contribution in [0.25, 0.3) is 0 Å². The maximum Gasteiger partial charge on any atom is 0.241 e. The van der Waals surface area contributed by atoms with Gasteiger partial charge in [0, 0.05) is 0 Å². The molecule has 0 atom stereocenters. The van der Waals surface area contributed by atoms with Crippen LogP contribution in [-0.2, 0) is 20.0 Å². The molecule has 9 heteroatoms. The number of benzene rings is 1. The topological polar surface area (TPSA) is 116 Å². The standard InChI is InChI=1S/C11H18N2O5S2/c1-8(2)7-19(14,15)13-9-4-5-10(18-3)11(6-9)20(12,16)17/h4-6,8,13H,7H2,1-3H3,(H2,12,16,17). The zero-order valence-corrected chi connectivity index (χ0v) is 13.1. The molecule has 7 nitrogen and oxygen atoms in total. The largest absolute Gasteiger partial charge is 0.495 e. The average Bonchev–Trinajstić information content (AvgIpc) is 2.25. The Bertz CT molecular complexity index is 681. The Morgan fingerprint density at radius 1 is 1.25 bits per heavy atom. The van der Waals surface area contributed by atoms with Gasteiger partial charge in [0.05, 0.1) is 18.6 Å². The van der Waals surface area contributed by atoms with Crippen LogP contribution >= 0.6 is 0 Å². The highest BCUT2D eigenvalue weighted by Crippen LogP contribution is 2.26. The van der Waals surface area contributed by atoms with Gasteiger partial charge in [-0.1, -0.05) is 13.8 Å². The second-order valence-electron chi connectivity index (χ2n) is 4.69. The lowest BCUT2D eigenvalue weighted by atomic mass is 10.3. The van der Waals surface area contributed by atoms with Crippen molar-refractivity contribution in [2.45, 2.75) is 18.7 Å². The monoisotopic (exact) mass is 322 g/mol. The molecule has 1 rings (SSSR count). The lowest BCUT2D eigenvalue weighted by Gasteiger charge is -2.12. The number of hydrogen-bond donors (Lipinski definition) is 2. The summed E-state index contributed by atoms with van der Waals surface area (Å²) in [4.78, 5) is -0.273. The highest BCUT2D eigenvalue weighted by Gasteiger charge is 2.18. The van der Waals surface area contributed by atoms with E-state index in [1.165, 1.54) is 19.2 Å². The van der Waals surface area contributed by atoms with Crippen molar-refractivity contribution in [3.8, 4) is 5.75 Å². The molecule has 0 radical (unpaired) electrons. The summed E-state index contributed by atoms with van der Waals surface area (Å²) in [6, 6.07) is 3.88. The van der Waals surface area contributed by atoms with Crippen LogP contribution in [-0.4, -0.2) is 29.7 Å². The summed E-state index contributed by atoms with van der Waals surface area (Å²) in [5, 5.41) is 5.06. The zero-order valence-electron chi connectivity index (χ0n) is 11.5. The second kappa shape index (κ2) is 5.98. The van der Waals surface area contributed by atoms with Crippen molar-refractivity contribution in [2.24, 2.45) is 11.1 Å². The van der Waals surface area contributed by atoms with E-state index in [0.29, 0.717) is 0 Å². The fourth-order valence-corrected chi connectivity index (χ4v) is 3.79. The van der Waals surface area contributed by atoms with Crippen LogP contribution in [0.5, 0.6) is 5.75 Å². The fourth-order valence-electron chi connectivity index (χ4n) is 1.62. The van der Waals surface area contributed by atoms with E-state index in [4.69, 9.17) is 9.88 Å². The van der Waals surface area contributed by atoms with Gasteiger partial charge in [-0.2, -0.15) is 0 Å². The number of primary sulfonamides is 1. The third-order valence-corrected chi connectivity index (χ3v) is 4.88. The number of methoxy groups -OCH3 is 1. The Hall–Kier alpha value is -1.32. The molecular formula is C11H18N2O5S2. The van der Waals surface area contributed by atoms with E-state index < -0.39 is 20.0 Å². The third-order valence-electron chi connectivity index (χ3n) is 2.30. The highest BCUT2D eigenvalue weighted by molar-refractivity contribution is 7.92. The first-order valence-electron chi connectivity index (χ1n) is 5.76. The Morgan fingerprint density at radius 3 is 2.30 bits per heavy atom. The summed E-state index contributed by atoms with van der Waals surface area (Å²) >= 11 is 0. The summed E-state index contributed by atoms with van der Waals surface area (Å²) in [6.07, 6.45) is 0. The first-order valence-corrected chi connectivity index (χ1v) is 8.96. The van der Waals surface area contributed by atoms with Crippen LogP contribution in [0.2, 0.25) is 0 Å². The molecule has 0 fully saturated rings. The Morgan fingerprint density at radius 2 is 1.85 bits per heavy atom. The molecule has 0 heterocycles. The minimum Gasteiger partial charge on any atom is -0.495 e. The van der Waals surface area contributed by atoms with Crippen LogP contribution in [0.1, 0.15) is 13.8 Å². The number of nitrogens with one attached hydrogen (secondary N) is 1. The number of anilines is 1. The van der Waals surface area contributed by atoms with Crippen LogP contribution in [0, 0.1) is 5.92 Å². The maximum absolute atomic E-state index is 11.8. The first kappa shape index (κ1) is 16.7. The van der Waals surface area contributed by atoms with Gasteiger partial charge >= 0.3 is 0 Å². The van der Waals surface area contributed by atoms with E-state index in [9.17, 15) is 16.8 Å². The van der Waals surface area contributed by atoms with Gasteiger partial charge in [0.1, 0.15) is 10.6 Å². The van der Waals surface area contributed by atoms with Crippen molar-refractivity contribution in [1.82, 2.24) is 0 Å². The maximum atomic E-state index is 11.8. The van der Waals surface area contributed by atoms with Crippen molar-refractivity contribution in [3.63, 3.8) is 0 Å². The van der Waals surface area contributed by atoms with Gasteiger partial charge in [-0.25, -0.2) is 22.0 Å². The summed E-state index contributed by atoms with van der Waals surface area (Å²) in [5.41, 5.74) is 0.121. The predicted octanol–water partition coefficient (Wildman–Crippen LogP) is 0.740. The normalized spacial score (nSPS) is 12.4. The number of ether oxygens (including phenoxy) is 1. The number of hydrogen-bond acceptors (Lipinski definition) is 5. The Balaban J connectivity index is 3.17. The van der Waals surface area contributed by atoms with Gasteiger partial charge in [-0.05, 0) is 24.1 Å². The van der Waals surface area contributed by atoms with Gasteiger partial charge in [0.2, 0.25) is 20.0 Å². The Labute approximate surface area is 119 Å². The smallest absolute Gasteiger partial charge is 0.241 e. The molecule has 0 aliphatic carbocycles. The van der Waals surface area contributed by atoms with E-state index in [0.717, 1.165) is 6.07 Å². The molecule has 114 valence electrons. The van der Waals surface area contributed by atoms with Crippen LogP contribution in [0.15, 0.2) is 23.1 Å². The molecule has 0 spiro atoms. The van der Waals surface area contributed by atoms with Crippen molar-refractivity contribution in [2.75, 3.05) is 17.6 Å². The van der Waals surface area contributed by atoms with Crippen molar-refractivity contribution in [1.29, 1.82) is 0 Å². The number of nitrogens with two attached hydrogens (primary N) is 1. The molecule has 0 saturated heterocycles. The zero-order chi connectivity index (χ0) is 15.6. The first-order chi connectivity index (χ1) is 9.05. The van der Waals surface area contributed by atoms with Crippen molar-refractivity contribution < 1.29 is 21.6 Å². The van der Waals surface area contributed by atoms with Crippen molar-refractivity contribution >= 4 is 25.7 Å². The molecular weight excluding hydrogens is 304 g/mol. The molecule has 0 aromatic heterocycles. The van der Waals surface area contributed by atoms with Crippen molar-refractivity contribution in [3.05, 3.63) is 18.2 Å². The minimum atomic E-state index is -4.01. The van der Waals surface area contributed by atoms with Gasteiger partial charge in [0.25, 0.3) is 0 Å². The minimum absolute atomic E-state index is 0.0524. The highest BCUT2D eigenvalue weighted by atomic mass is 32.2.